The Morgan fingerprint density at radius 2 is 1.62 bits per heavy atom. The Morgan fingerprint density at radius 1 is 0.952 bits per heavy atom. The molecule has 0 spiro atoms. The summed E-state index contributed by atoms with van der Waals surface area (Å²) in [6, 6.07) is 29.1. The fourth-order valence-electron chi connectivity index (χ4n) is 5.15. The molecule has 1 unspecified atom stereocenters. The lowest BCUT2D eigenvalue weighted by Gasteiger charge is -2.33. The Morgan fingerprint density at radius 3 is 2.31 bits per heavy atom. The molecule has 9 heteroatoms. The van der Waals surface area contributed by atoms with E-state index in [1.54, 1.807) is 42.3 Å². The highest BCUT2D eigenvalue weighted by Gasteiger charge is 2.30. The van der Waals surface area contributed by atoms with Gasteiger partial charge in [0.1, 0.15) is 11.6 Å². The van der Waals surface area contributed by atoms with Crippen LogP contribution < -0.4 is 10.3 Å². The summed E-state index contributed by atoms with van der Waals surface area (Å²) in [5.74, 6) is 0.570. The largest absolute Gasteiger partial charge is 0.495 e. The van der Waals surface area contributed by atoms with E-state index >= 15 is 0 Å². The van der Waals surface area contributed by atoms with Gasteiger partial charge in [-0.25, -0.2) is 4.98 Å². The number of nitro groups is 1. The van der Waals surface area contributed by atoms with Crippen LogP contribution in [0.25, 0.3) is 16.6 Å². The number of hydrogen-bond donors (Lipinski definition) is 0. The third-order valence-corrected chi connectivity index (χ3v) is 7.26. The van der Waals surface area contributed by atoms with Gasteiger partial charge in [0.2, 0.25) is 0 Å². The Labute approximate surface area is 242 Å². The number of para-hydroxylation sites is 3. The number of hydrogen-bond acceptors (Lipinski definition) is 6. The van der Waals surface area contributed by atoms with E-state index in [1.165, 1.54) is 28.8 Å². The van der Waals surface area contributed by atoms with E-state index in [0.717, 1.165) is 5.56 Å². The van der Waals surface area contributed by atoms with Crippen molar-refractivity contribution in [3.8, 4) is 11.4 Å². The molecular formula is C33H30N4O5. The Hall–Kier alpha value is -5.31. The van der Waals surface area contributed by atoms with Crippen LogP contribution in [0.15, 0.2) is 108 Å². The number of nitrogens with zero attached hydrogens (tertiary/aromatic N) is 4. The summed E-state index contributed by atoms with van der Waals surface area (Å²) in [6.45, 7) is 2.27. The fourth-order valence-corrected chi connectivity index (χ4v) is 5.15. The molecule has 0 aliphatic heterocycles. The van der Waals surface area contributed by atoms with Crippen molar-refractivity contribution in [3.63, 3.8) is 0 Å². The predicted octanol–water partition coefficient (Wildman–Crippen LogP) is 6.14. The molecular weight excluding hydrogens is 532 g/mol. The van der Waals surface area contributed by atoms with Crippen LogP contribution in [0.3, 0.4) is 0 Å². The standard InChI is InChI=1S/C33H30N4O5/c1-3-28(31-34-27-14-8-7-13-26(27)33(39)36(31)29-15-9-10-16-30(29)42-2)35(22-21-23-11-5-4-6-12-23)32(38)24-17-19-25(20-18-24)37(40)41/h4-20,28H,3,21-22H2,1-2H3. The van der Waals surface area contributed by atoms with E-state index in [-0.39, 0.29) is 17.2 Å². The lowest BCUT2D eigenvalue weighted by molar-refractivity contribution is -0.384. The number of non-ortho nitro benzene ring substituents is 1. The van der Waals surface area contributed by atoms with E-state index in [9.17, 15) is 19.7 Å². The second-order valence-electron chi connectivity index (χ2n) is 9.76. The lowest BCUT2D eigenvalue weighted by atomic mass is 10.1. The minimum absolute atomic E-state index is 0.101. The quantitative estimate of drug-likeness (QED) is 0.150. The molecule has 5 aromatic rings. The lowest BCUT2D eigenvalue weighted by Crippen LogP contribution is -2.39. The average Bonchev–Trinajstić information content (AvgIpc) is 3.03. The molecule has 0 radical (unpaired) electrons. The number of nitro benzene ring substituents is 1. The van der Waals surface area contributed by atoms with E-state index in [2.05, 4.69) is 0 Å². The van der Waals surface area contributed by atoms with E-state index in [4.69, 9.17) is 9.72 Å². The molecule has 0 N–H and O–H groups in total. The normalized spacial score (nSPS) is 11.7. The number of carbonyl (C=O) groups is 1. The number of methoxy groups -OCH3 is 1. The van der Waals surface area contributed by atoms with Gasteiger partial charge < -0.3 is 9.64 Å². The maximum atomic E-state index is 14.2. The first-order valence-corrected chi connectivity index (χ1v) is 13.7. The summed E-state index contributed by atoms with van der Waals surface area (Å²) in [5, 5.41) is 11.7. The predicted molar refractivity (Wildman–Crippen MR) is 161 cm³/mol. The van der Waals surface area contributed by atoms with Gasteiger partial charge in [-0.05, 0) is 54.8 Å². The van der Waals surface area contributed by atoms with Crippen molar-refractivity contribution in [2.45, 2.75) is 25.8 Å². The molecule has 42 heavy (non-hydrogen) atoms. The zero-order valence-electron chi connectivity index (χ0n) is 23.3. The first kappa shape index (κ1) is 28.2. The molecule has 0 bridgehead atoms. The van der Waals surface area contributed by atoms with Gasteiger partial charge in [0.05, 0.1) is 34.7 Å². The number of benzene rings is 4. The topological polar surface area (TPSA) is 108 Å². The van der Waals surface area contributed by atoms with Crippen molar-refractivity contribution >= 4 is 22.5 Å². The minimum Gasteiger partial charge on any atom is -0.495 e. The van der Waals surface area contributed by atoms with Gasteiger partial charge in [-0.2, -0.15) is 0 Å². The van der Waals surface area contributed by atoms with Gasteiger partial charge in [0, 0.05) is 24.2 Å². The minimum atomic E-state index is -0.612. The smallest absolute Gasteiger partial charge is 0.269 e. The molecule has 0 aliphatic carbocycles. The molecule has 0 saturated carbocycles. The molecule has 212 valence electrons. The maximum absolute atomic E-state index is 14.2. The van der Waals surface area contributed by atoms with Gasteiger partial charge in [-0.1, -0.05) is 61.5 Å². The zero-order chi connectivity index (χ0) is 29.6. The summed E-state index contributed by atoms with van der Waals surface area (Å²) < 4.78 is 7.16. The summed E-state index contributed by atoms with van der Waals surface area (Å²) in [5.41, 5.74) is 2.01. The summed E-state index contributed by atoms with van der Waals surface area (Å²) in [4.78, 5) is 45.7. The summed E-state index contributed by atoms with van der Waals surface area (Å²) >= 11 is 0. The van der Waals surface area contributed by atoms with Crippen LogP contribution in [-0.2, 0) is 6.42 Å². The second kappa shape index (κ2) is 12.5. The van der Waals surface area contributed by atoms with Crippen LogP contribution in [0.5, 0.6) is 5.75 Å². The van der Waals surface area contributed by atoms with Crippen LogP contribution in [0.2, 0.25) is 0 Å². The van der Waals surface area contributed by atoms with Gasteiger partial charge in [0.15, 0.2) is 0 Å². The van der Waals surface area contributed by atoms with Crippen molar-refractivity contribution in [3.05, 3.63) is 141 Å². The van der Waals surface area contributed by atoms with Gasteiger partial charge in [0.25, 0.3) is 17.2 Å². The van der Waals surface area contributed by atoms with Crippen molar-refractivity contribution in [1.29, 1.82) is 0 Å². The molecule has 1 amide bonds. The molecule has 9 nitrogen and oxygen atoms in total. The molecule has 1 heterocycles. The van der Waals surface area contributed by atoms with E-state index in [0.29, 0.717) is 53.1 Å². The highest BCUT2D eigenvalue weighted by Crippen LogP contribution is 2.31. The second-order valence-corrected chi connectivity index (χ2v) is 9.76. The molecule has 4 aromatic carbocycles. The van der Waals surface area contributed by atoms with E-state index in [1.807, 2.05) is 55.5 Å². The summed E-state index contributed by atoms with van der Waals surface area (Å²) in [7, 11) is 1.54. The number of rotatable bonds is 10. The molecule has 5 rings (SSSR count). The van der Waals surface area contributed by atoms with Gasteiger partial charge in [-0.15, -0.1) is 0 Å². The maximum Gasteiger partial charge on any atom is 0.269 e. The van der Waals surface area contributed by atoms with Crippen molar-refractivity contribution in [2.75, 3.05) is 13.7 Å². The Balaban J connectivity index is 1.69. The highest BCUT2D eigenvalue weighted by molar-refractivity contribution is 5.94. The number of aromatic nitrogens is 2. The first-order chi connectivity index (χ1) is 20.4. The average molecular weight is 563 g/mol. The molecule has 1 atom stereocenters. The van der Waals surface area contributed by atoms with Gasteiger partial charge in [-0.3, -0.25) is 24.3 Å². The third-order valence-electron chi connectivity index (χ3n) is 7.26. The molecule has 1 aromatic heterocycles. The Kier molecular flexibility index (Phi) is 8.38. The SMILES string of the molecule is CCC(c1nc2ccccc2c(=O)n1-c1ccccc1OC)N(CCc1ccccc1)C(=O)c1ccc([N+](=O)[O-])cc1. The number of carbonyl (C=O) groups excluding carboxylic acids is 1. The Bertz CT molecular complexity index is 1780. The number of ether oxygens (including phenoxy) is 1. The van der Waals surface area contributed by atoms with Crippen molar-refractivity contribution in [1.82, 2.24) is 14.5 Å². The van der Waals surface area contributed by atoms with Crippen LogP contribution in [0.1, 0.15) is 41.1 Å². The molecule has 0 fully saturated rings. The van der Waals surface area contributed by atoms with Crippen molar-refractivity contribution in [2.24, 2.45) is 0 Å². The molecule has 0 saturated heterocycles. The fraction of sp³-hybridized carbons (Fsp3) is 0.182. The number of fused-ring (bicyclic) bond motifs is 1. The third kappa shape index (κ3) is 5.62. The molecule has 0 aliphatic rings. The van der Waals surface area contributed by atoms with Crippen LogP contribution in [0.4, 0.5) is 5.69 Å². The first-order valence-electron chi connectivity index (χ1n) is 13.7. The van der Waals surface area contributed by atoms with Crippen LogP contribution in [-0.4, -0.2) is 38.9 Å². The monoisotopic (exact) mass is 562 g/mol. The number of amides is 1. The van der Waals surface area contributed by atoms with E-state index < -0.39 is 11.0 Å². The van der Waals surface area contributed by atoms with Crippen molar-refractivity contribution < 1.29 is 14.5 Å². The summed E-state index contributed by atoms with van der Waals surface area (Å²) in [6.07, 6.45) is 1.01. The highest BCUT2D eigenvalue weighted by atomic mass is 16.6. The van der Waals surface area contributed by atoms with Gasteiger partial charge >= 0.3 is 0 Å². The van der Waals surface area contributed by atoms with Crippen LogP contribution >= 0.6 is 0 Å². The zero-order valence-corrected chi connectivity index (χ0v) is 23.3. The van der Waals surface area contributed by atoms with Crippen LogP contribution in [0, 0.1) is 10.1 Å².